The minimum Gasteiger partial charge on any atom is -0.399 e. The molecule has 0 fully saturated rings. The summed E-state index contributed by atoms with van der Waals surface area (Å²) in [5.74, 6) is -0.722. The van der Waals surface area contributed by atoms with Gasteiger partial charge in [-0.25, -0.2) is 4.90 Å². The summed E-state index contributed by atoms with van der Waals surface area (Å²) in [6.07, 6.45) is 0. The molecule has 2 N–H and O–H groups in total. The number of nitrogens with two attached hydrogens (primary N) is 1. The van der Waals surface area contributed by atoms with E-state index in [-0.39, 0.29) is 11.8 Å². The lowest BCUT2D eigenvalue weighted by Gasteiger charge is -2.16. The molecule has 3 aromatic rings. The third-order valence-electron chi connectivity index (χ3n) is 4.29. The molecule has 26 heavy (non-hydrogen) atoms. The Morgan fingerprint density at radius 2 is 1.23 bits per heavy atom. The molecule has 0 spiro atoms. The Labute approximate surface area is 159 Å². The highest BCUT2D eigenvalue weighted by molar-refractivity contribution is 6.38. The molecule has 4 rings (SSSR count). The first kappa shape index (κ1) is 16.6. The third-order valence-corrected chi connectivity index (χ3v) is 4.91. The summed E-state index contributed by atoms with van der Waals surface area (Å²) in [6, 6.07) is 16.9. The number of amides is 2. The van der Waals surface area contributed by atoms with Crippen LogP contribution in [0.1, 0.15) is 20.7 Å². The molecule has 0 aliphatic carbocycles. The Balaban J connectivity index is 1.76. The van der Waals surface area contributed by atoms with Gasteiger partial charge in [0, 0.05) is 16.8 Å². The van der Waals surface area contributed by atoms with Gasteiger partial charge in [0.15, 0.2) is 0 Å². The summed E-state index contributed by atoms with van der Waals surface area (Å²) in [4.78, 5) is 26.3. The lowest BCUT2D eigenvalue weighted by atomic mass is 10.0. The van der Waals surface area contributed by atoms with E-state index in [0.717, 1.165) is 10.5 Å². The molecule has 0 saturated heterocycles. The van der Waals surface area contributed by atoms with E-state index in [1.807, 2.05) is 0 Å². The zero-order valence-corrected chi connectivity index (χ0v) is 14.9. The Hall–Kier alpha value is -2.82. The lowest BCUT2D eigenvalue weighted by molar-refractivity contribution is 0.0926. The zero-order chi connectivity index (χ0) is 18.4. The summed E-state index contributed by atoms with van der Waals surface area (Å²) < 4.78 is 0. The van der Waals surface area contributed by atoms with Crippen LogP contribution in [0.3, 0.4) is 0 Å². The Bertz CT molecular complexity index is 1040. The predicted octanol–water partition coefficient (Wildman–Crippen LogP) is 5.04. The van der Waals surface area contributed by atoms with Crippen molar-refractivity contribution >= 4 is 46.4 Å². The van der Waals surface area contributed by atoms with E-state index < -0.39 is 0 Å². The molecule has 0 radical (unpaired) electrons. The van der Waals surface area contributed by atoms with Crippen molar-refractivity contribution in [1.82, 2.24) is 0 Å². The summed E-state index contributed by atoms with van der Waals surface area (Å²) in [6.45, 7) is 0. The molecule has 1 heterocycles. The fourth-order valence-electron chi connectivity index (χ4n) is 3.04. The average Bonchev–Trinajstić information content (AvgIpc) is 2.87. The van der Waals surface area contributed by atoms with Gasteiger partial charge in [-0.05, 0) is 36.4 Å². The fraction of sp³-hybridized carbons (Fsp3) is 0. The van der Waals surface area contributed by atoms with E-state index in [1.54, 1.807) is 60.7 Å². The Morgan fingerprint density at radius 3 is 1.77 bits per heavy atom. The van der Waals surface area contributed by atoms with Crippen molar-refractivity contribution in [3.05, 3.63) is 81.8 Å². The van der Waals surface area contributed by atoms with Gasteiger partial charge in [0.25, 0.3) is 11.8 Å². The van der Waals surface area contributed by atoms with Crippen LogP contribution in [0.15, 0.2) is 60.7 Å². The number of fused-ring (bicyclic) bond motifs is 1. The summed E-state index contributed by atoms with van der Waals surface area (Å²) in [5, 5.41) is 0.853. The molecule has 4 nitrogen and oxygen atoms in total. The van der Waals surface area contributed by atoms with Crippen LogP contribution in [0.4, 0.5) is 11.4 Å². The molecule has 128 valence electrons. The molecular formula is C20H12Cl2N2O2. The van der Waals surface area contributed by atoms with E-state index in [2.05, 4.69) is 0 Å². The standard InChI is InChI=1S/C20H12Cl2N2O2/c21-17-9-11(23)5-7-13(17)14-8-6-12(10-18(14)22)24-19(25)15-3-1-2-4-16(15)20(24)26/h1-10H,23H2. The number of rotatable bonds is 2. The number of halogens is 2. The highest BCUT2D eigenvalue weighted by Gasteiger charge is 2.36. The first-order valence-corrected chi connectivity index (χ1v) is 8.56. The molecule has 2 amide bonds. The third kappa shape index (κ3) is 2.55. The van der Waals surface area contributed by atoms with Gasteiger partial charge in [0.2, 0.25) is 0 Å². The van der Waals surface area contributed by atoms with Gasteiger partial charge < -0.3 is 5.73 Å². The van der Waals surface area contributed by atoms with Gasteiger partial charge >= 0.3 is 0 Å². The first-order valence-electron chi connectivity index (χ1n) is 7.80. The van der Waals surface area contributed by atoms with Crippen LogP contribution in [0.2, 0.25) is 10.0 Å². The highest BCUT2D eigenvalue weighted by Crippen LogP contribution is 2.38. The monoisotopic (exact) mass is 382 g/mol. The summed E-state index contributed by atoms with van der Waals surface area (Å²) >= 11 is 12.7. The minimum absolute atomic E-state index is 0.361. The minimum atomic E-state index is -0.361. The van der Waals surface area contributed by atoms with Crippen LogP contribution in [-0.2, 0) is 0 Å². The summed E-state index contributed by atoms with van der Waals surface area (Å²) in [7, 11) is 0. The number of anilines is 2. The normalized spacial score (nSPS) is 13.2. The van der Waals surface area contributed by atoms with Gasteiger partial charge in [-0.15, -0.1) is 0 Å². The van der Waals surface area contributed by atoms with Crippen molar-refractivity contribution < 1.29 is 9.59 Å². The van der Waals surface area contributed by atoms with Crippen molar-refractivity contribution in [2.75, 3.05) is 10.6 Å². The van der Waals surface area contributed by atoms with Crippen LogP contribution < -0.4 is 10.6 Å². The van der Waals surface area contributed by atoms with Gasteiger partial charge in [-0.1, -0.05) is 47.5 Å². The fourth-order valence-corrected chi connectivity index (χ4v) is 3.60. The van der Waals surface area contributed by atoms with E-state index in [9.17, 15) is 9.59 Å². The topological polar surface area (TPSA) is 63.4 Å². The molecule has 0 bridgehead atoms. The second-order valence-corrected chi connectivity index (χ2v) is 6.71. The number of hydrogen-bond donors (Lipinski definition) is 1. The maximum atomic E-state index is 12.6. The summed E-state index contributed by atoms with van der Waals surface area (Å²) in [5.41, 5.74) is 8.88. The number of carbonyl (C=O) groups excluding carboxylic acids is 2. The predicted molar refractivity (Wildman–Crippen MR) is 104 cm³/mol. The Kier molecular flexibility index (Phi) is 3.94. The molecular weight excluding hydrogens is 371 g/mol. The smallest absolute Gasteiger partial charge is 0.266 e. The SMILES string of the molecule is Nc1ccc(-c2ccc(N3C(=O)c4ccccc4C3=O)cc2Cl)c(Cl)c1. The first-order chi connectivity index (χ1) is 12.5. The van der Waals surface area contributed by atoms with E-state index >= 15 is 0 Å². The van der Waals surface area contributed by atoms with Gasteiger partial charge in [0.1, 0.15) is 0 Å². The second kappa shape index (κ2) is 6.16. The number of imide groups is 1. The number of nitrogen functional groups attached to an aromatic ring is 1. The number of nitrogens with zero attached hydrogens (tertiary/aromatic N) is 1. The van der Waals surface area contributed by atoms with Crippen LogP contribution in [0.25, 0.3) is 11.1 Å². The molecule has 0 saturated carbocycles. The molecule has 1 aliphatic heterocycles. The lowest BCUT2D eigenvalue weighted by Crippen LogP contribution is -2.29. The quantitative estimate of drug-likeness (QED) is 0.498. The highest BCUT2D eigenvalue weighted by atomic mass is 35.5. The number of carbonyl (C=O) groups is 2. The number of hydrogen-bond acceptors (Lipinski definition) is 3. The maximum Gasteiger partial charge on any atom is 0.266 e. The molecule has 1 aliphatic rings. The molecule has 0 unspecified atom stereocenters. The molecule has 0 atom stereocenters. The van der Waals surface area contributed by atoms with Gasteiger partial charge in [-0.2, -0.15) is 0 Å². The Morgan fingerprint density at radius 1 is 0.692 bits per heavy atom. The van der Waals surface area contributed by atoms with Crippen molar-refractivity contribution in [3.63, 3.8) is 0 Å². The second-order valence-electron chi connectivity index (χ2n) is 5.89. The van der Waals surface area contributed by atoms with Crippen molar-refractivity contribution in [2.45, 2.75) is 0 Å². The average molecular weight is 383 g/mol. The van der Waals surface area contributed by atoms with Crippen LogP contribution in [0, 0.1) is 0 Å². The molecule has 6 heteroatoms. The van der Waals surface area contributed by atoms with Gasteiger partial charge in [0.05, 0.1) is 26.9 Å². The van der Waals surface area contributed by atoms with Crippen molar-refractivity contribution in [2.24, 2.45) is 0 Å². The van der Waals surface area contributed by atoms with Gasteiger partial charge in [-0.3, -0.25) is 9.59 Å². The largest absolute Gasteiger partial charge is 0.399 e. The van der Waals surface area contributed by atoms with E-state index in [1.165, 1.54) is 0 Å². The molecule has 0 aromatic heterocycles. The maximum absolute atomic E-state index is 12.6. The van der Waals surface area contributed by atoms with E-state index in [0.29, 0.717) is 38.1 Å². The van der Waals surface area contributed by atoms with E-state index in [4.69, 9.17) is 28.9 Å². The number of benzene rings is 3. The van der Waals surface area contributed by atoms with Crippen LogP contribution >= 0.6 is 23.2 Å². The van der Waals surface area contributed by atoms with Crippen LogP contribution in [0.5, 0.6) is 0 Å². The van der Waals surface area contributed by atoms with Crippen molar-refractivity contribution in [3.8, 4) is 11.1 Å². The zero-order valence-electron chi connectivity index (χ0n) is 13.4. The van der Waals surface area contributed by atoms with Crippen molar-refractivity contribution in [1.29, 1.82) is 0 Å². The van der Waals surface area contributed by atoms with Crippen LogP contribution in [-0.4, -0.2) is 11.8 Å². The molecule has 3 aromatic carbocycles.